The van der Waals surface area contributed by atoms with E-state index in [1.165, 1.54) is 11.1 Å². The summed E-state index contributed by atoms with van der Waals surface area (Å²) in [6.45, 7) is 0. The molecule has 0 fully saturated rings. The minimum Gasteiger partial charge on any atom is -0.435 e. The molecule has 0 radical (unpaired) electrons. The molecule has 0 saturated carbocycles. The highest BCUT2D eigenvalue weighted by molar-refractivity contribution is 6.23. The zero-order chi connectivity index (χ0) is 45.4. The number of rotatable bonds is 7. The molecule has 0 aliphatic heterocycles. The van der Waals surface area contributed by atoms with E-state index in [-0.39, 0.29) is 0 Å². The van der Waals surface area contributed by atoms with E-state index in [1.807, 2.05) is 60.7 Å². The fraction of sp³-hybridized carbons (Fsp3) is 0. The van der Waals surface area contributed by atoms with Crippen LogP contribution in [0, 0.1) is 0 Å². The van der Waals surface area contributed by atoms with Gasteiger partial charge in [0.15, 0.2) is 17.2 Å². The van der Waals surface area contributed by atoms with Crippen molar-refractivity contribution in [2.45, 2.75) is 0 Å². The molecule has 0 atom stereocenters. The second-order valence-electron chi connectivity index (χ2n) is 17.4. The first kappa shape index (κ1) is 38.8. The third kappa shape index (κ3) is 6.36. The van der Waals surface area contributed by atoms with Crippen molar-refractivity contribution in [2.24, 2.45) is 0 Å². The Bertz CT molecular complexity index is 4300. The van der Waals surface area contributed by atoms with Gasteiger partial charge in [-0.05, 0) is 82.1 Å². The average Bonchev–Trinajstić information content (AvgIpc) is 4.12. The number of para-hydroxylation sites is 3. The lowest BCUT2D eigenvalue weighted by Gasteiger charge is -2.14. The Morgan fingerprint density at radius 2 is 0.884 bits per heavy atom. The predicted molar refractivity (Wildman–Crippen MR) is 281 cm³/mol. The van der Waals surface area contributed by atoms with E-state index in [2.05, 4.69) is 179 Å². The van der Waals surface area contributed by atoms with Gasteiger partial charge in [0.1, 0.15) is 5.52 Å². The molecule has 0 spiro atoms. The molecular weight excluding hydrogens is 845 g/mol. The monoisotopic (exact) mass is 882 g/mol. The molecule has 69 heavy (non-hydrogen) atoms. The van der Waals surface area contributed by atoms with E-state index in [0.29, 0.717) is 23.5 Å². The minimum atomic E-state index is 0.536. The lowest BCUT2D eigenvalue weighted by atomic mass is 10.00. The van der Waals surface area contributed by atoms with Crippen LogP contribution in [0.2, 0.25) is 0 Å². The summed E-state index contributed by atoms with van der Waals surface area (Å²) in [6, 6.07) is 80.5. The van der Waals surface area contributed by atoms with Crippen LogP contribution in [-0.4, -0.2) is 29.1 Å². The highest BCUT2D eigenvalue weighted by Crippen LogP contribution is 2.43. The summed E-state index contributed by atoms with van der Waals surface area (Å²) in [5.74, 6) is 2.32. The molecule has 14 rings (SSSR count). The third-order valence-electron chi connectivity index (χ3n) is 13.4. The van der Waals surface area contributed by atoms with E-state index >= 15 is 0 Å². The van der Waals surface area contributed by atoms with Crippen molar-refractivity contribution in [3.05, 3.63) is 231 Å². The number of hydrogen-bond acceptors (Lipinski definition) is 5. The van der Waals surface area contributed by atoms with Crippen molar-refractivity contribution in [3.63, 3.8) is 0 Å². The van der Waals surface area contributed by atoms with Gasteiger partial charge in [-0.3, -0.25) is 4.57 Å². The number of aromatic nitrogens is 6. The first-order valence-corrected chi connectivity index (χ1v) is 23.1. The Kier molecular flexibility index (Phi) is 8.75. The van der Waals surface area contributed by atoms with Gasteiger partial charge in [0.25, 0.3) is 0 Å². The van der Waals surface area contributed by atoms with Crippen molar-refractivity contribution in [2.75, 3.05) is 0 Å². The maximum atomic E-state index is 6.55. The van der Waals surface area contributed by atoms with Crippen LogP contribution in [0.15, 0.2) is 235 Å². The lowest BCUT2D eigenvalue weighted by Crippen LogP contribution is -2.07. The summed E-state index contributed by atoms with van der Waals surface area (Å²) in [4.78, 5) is 20.9. The zero-order valence-electron chi connectivity index (χ0n) is 37.0. The molecule has 4 heterocycles. The SMILES string of the molecule is c1ccc(-c2ccc3cc(-c4nc(-c5ccccc5)nc(-n5c6ccccc6c6ccc7c8ccccc8n(-c8cccc(-c9cccc%10nc(-c%11ccccc%11)oc9%10)c8)c7c65)n4)ccc3c2)cc1. The van der Waals surface area contributed by atoms with E-state index < -0.39 is 0 Å². The first-order valence-electron chi connectivity index (χ1n) is 23.1. The van der Waals surface area contributed by atoms with Crippen molar-refractivity contribution < 1.29 is 4.42 Å². The van der Waals surface area contributed by atoms with Gasteiger partial charge in [0.05, 0.1) is 22.1 Å². The summed E-state index contributed by atoms with van der Waals surface area (Å²) in [5.41, 5.74) is 13.8. The fourth-order valence-electron chi connectivity index (χ4n) is 10.2. The zero-order valence-corrected chi connectivity index (χ0v) is 37.0. The Hall–Kier alpha value is -9.46. The second kappa shape index (κ2) is 15.6. The molecular formula is C62H38N6O. The summed E-state index contributed by atoms with van der Waals surface area (Å²) in [7, 11) is 0. The molecule has 0 saturated heterocycles. The van der Waals surface area contributed by atoms with Crippen LogP contribution < -0.4 is 0 Å². The second-order valence-corrected chi connectivity index (χ2v) is 17.4. The van der Waals surface area contributed by atoms with Gasteiger partial charge in [-0.1, -0.05) is 176 Å². The van der Waals surface area contributed by atoms with Gasteiger partial charge in [0.2, 0.25) is 11.8 Å². The summed E-state index contributed by atoms with van der Waals surface area (Å²) >= 11 is 0. The first-order chi connectivity index (χ1) is 34.2. The molecule has 0 aliphatic rings. The van der Waals surface area contributed by atoms with E-state index in [9.17, 15) is 0 Å². The highest BCUT2D eigenvalue weighted by atomic mass is 16.3. The molecule has 0 N–H and O–H groups in total. The minimum absolute atomic E-state index is 0.536. The maximum Gasteiger partial charge on any atom is 0.238 e. The Morgan fingerprint density at radius 1 is 0.333 bits per heavy atom. The van der Waals surface area contributed by atoms with E-state index in [0.717, 1.165) is 99.0 Å². The largest absolute Gasteiger partial charge is 0.435 e. The van der Waals surface area contributed by atoms with Gasteiger partial charge in [-0.2, -0.15) is 9.97 Å². The highest BCUT2D eigenvalue weighted by Gasteiger charge is 2.24. The van der Waals surface area contributed by atoms with Crippen molar-refractivity contribution in [3.8, 4) is 68.1 Å². The molecule has 0 unspecified atom stereocenters. The van der Waals surface area contributed by atoms with Crippen LogP contribution in [0.1, 0.15) is 0 Å². The van der Waals surface area contributed by atoms with Gasteiger partial charge in [-0.25, -0.2) is 9.97 Å². The molecule has 7 heteroatoms. The van der Waals surface area contributed by atoms with Gasteiger partial charge in [-0.15, -0.1) is 0 Å². The standard InChI is InChI=1S/C62H38N6O/c1-4-16-39(17-5-1)42-30-31-44-37-46(33-32-43(44)36-42)60-64-59(40-18-6-2-7-19-40)65-62(66-60)68-55-29-13-11-25-50(55)52-35-34-51-49-24-10-12-28-54(49)67(56(51)57(52)68)47-23-14-22-45(38-47)48-26-15-27-53-58(48)69-61(63-53)41-20-8-3-9-21-41/h1-38H. The predicted octanol–water partition coefficient (Wildman–Crippen LogP) is 15.7. The van der Waals surface area contributed by atoms with Gasteiger partial charge >= 0.3 is 0 Å². The Morgan fingerprint density at radius 3 is 1.59 bits per heavy atom. The van der Waals surface area contributed by atoms with Crippen molar-refractivity contribution in [1.29, 1.82) is 0 Å². The third-order valence-corrected chi connectivity index (χ3v) is 13.4. The molecule has 4 aromatic heterocycles. The average molecular weight is 883 g/mol. The molecule has 0 bridgehead atoms. The molecule has 10 aromatic carbocycles. The van der Waals surface area contributed by atoms with Gasteiger partial charge < -0.3 is 8.98 Å². The fourth-order valence-corrected chi connectivity index (χ4v) is 10.2. The van der Waals surface area contributed by atoms with Crippen LogP contribution in [0.3, 0.4) is 0 Å². The number of nitrogens with zero attached hydrogens (tertiary/aromatic N) is 6. The Balaban J connectivity index is 1.01. The van der Waals surface area contributed by atoms with Crippen LogP contribution in [0.5, 0.6) is 0 Å². The number of fused-ring (bicyclic) bond motifs is 9. The van der Waals surface area contributed by atoms with Crippen molar-refractivity contribution in [1.82, 2.24) is 29.1 Å². The topological polar surface area (TPSA) is 74.6 Å². The molecule has 0 amide bonds. The normalized spacial score (nSPS) is 11.8. The molecule has 7 nitrogen and oxygen atoms in total. The number of benzene rings is 10. The van der Waals surface area contributed by atoms with E-state index in [1.54, 1.807) is 0 Å². The Labute approximate surface area is 395 Å². The van der Waals surface area contributed by atoms with Gasteiger partial charge in [0, 0.05) is 49.5 Å². The van der Waals surface area contributed by atoms with E-state index in [4.69, 9.17) is 24.4 Å². The summed E-state index contributed by atoms with van der Waals surface area (Å²) in [6.07, 6.45) is 0. The summed E-state index contributed by atoms with van der Waals surface area (Å²) in [5, 5.41) is 6.73. The summed E-state index contributed by atoms with van der Waals surface area (Å²) < 4.78 is 11.2. The molecule has 322 valence electrons. The number of hydrogen-bond donors (Lipinski definition) is 0. The van der Waals surface area contributed by atoms with Crippen LogP contribution in [0.4, 0.5) is 0 Å². The molecule has 14 aromatic rings. The number of oxazole rings is 1. The maximum absolute atomic E-state index is 6.55. The van der Waals surface area contributed by atoms with Crippen LogP contribution in [0.25, 0.3) is 134 Å². The lowest BCUT2D eigenvalue weighted by molar-refractivity contribution is 0.621. The molecule has 0 aliphatic carbocycles. The van der Waals surface area contributed by atoms with Crippen molar-refractivity contribution >= 4 is 65.5 Å². The smallest absolute Gasteiger partial charge is 0.238 e. The quantitative estimate of drug-likeness (QED) is 0.159. The van der Waals surface area contributed by atoms with Crippen LogP contribution in [-0.2, 0) is 0 Å². The van der Waals surface area contributed by atoms with Crippen LogP contribution >= 0.6 is 0 Å².